The van der Waals surface area contributed by atoms with E-state index in [9.17, 15) is 0 Å². The van der Waals surface area contributed by atoms with Gasteiger partial charge in [-0.3, -0.25) is 0 Å². The Hall–Kier alpha value is -1.59. The molecule has 0 bridgehead atoms. The van der Waals surface area contributed by atoms with Crippen LogP contribution in [0, 0.1) is 0 Å². The number of nitrogens with zero attached hydrogens (tertiary/aromatic N) is 2. The third kappa shape index (κ3) is 3.04. The highest BCUT2D eigenvalue weighted by Crippen LogP contribution is 2.27. The fraction of sp³-hybridized carbons (Fsp3) is 0.375. The highest BCUT2D eigenvalue weighted by atomic mass is 32.2. The van der Waals surface area contributed by atoms with Crippen molar-refractivity contribution in [2.45, 2.75) is 24.8 Å². The molecule has 0 radical (unpaired) electrons. The lowest BCUT2D eigenvalue weighted by molar-refractivity contribution is 0.109. The van der Waals surface area contributed by atoms with E-state index < -0.39 is 0 Å². The maximum atomic E-state index is 5.50. The molecule has 1 aliphatic rings. The quantitative estimate of drug-likeness (QED) is 0.877. The van der Waals surface area contributed by atoms with Crippen LogP contribution in [0.4, 0.5) is 5.82 Å². The van der Waals surface area contributed by atoms with E-state index >= 15 is 0 Å². The Balaban J connectivity index is 1.98. The minimum atomic E-state index is 0.595. The molecule has 2 heterocycles. The maximum absolute atomic E-state index is 5.50. The molecule has 5 heteroatoms. The fourth-order valence-corrected chi connectivity index (χ4v) is 3.10. The second-order valence-corrected chi connectivity index (χ2v) is 6.17. The summed E-state index contributed by atoms with van der Waals surface area (Å²) in [6.07, 6.45) is 0.850. The minimum Gasteiger partial charge on any atom is -0.376 e. The second kappa shape index (κ2) is 6.45. The van der Waals surface area contributed by atoms with Crippen molar-refractivity contribution >= 4 is 17.6 Å². The molecule has 0 atom stereocenters. The molecule has 0 amide bonds. The topological polar surface area (TPSA) is 47.0 Å². The van der Waals surface area contributed by atoms with Crippen molar-refractivity contribution in [1.82, 2.24) is 9.97 Å². The summed E-state index contributed by atoms with van der Waals surface area (Å²) < 4.78 is 5.50. The molecule has 0 spiro atoms. The van der Waals surface area contributed by atoms with Crippen molar-refractivity contribution in [2.75, 3.05) is 24.7 Å². The number of hydrogen-bond donors (Lipinski definition) is 1. The summed E-state index contributed by atoms with van der Waals surface area (Å²) in [6.45, 7) is 3.49. The van der Waals surface area contributed by atoms with Crippen LogP contribution in [-0.2, 0) is 17.8 Å². The molecule has 1 aromatic carbocycles. The summed E-state index contributed by atoms with van der Waals surface area (Å²) in [7, 11) is 1.89. The number of thioether (sulfide) groups is 1. The fourth-order valence-electron chi connectivity index (χ4n) is 2.43. The second-order valence-electron chi connectivity index (χ2n) is 4.83. The van der Waals surface area contributed by atoms with Crippen LogP contribution in [0.5, 0.6) is 0 Å². The molecule has 4 nitrogen and oxygen atoms in total. The number of anilines is 1. The predicted octanol–water partition coefficient (Wildman–Crippen LogP) is 3.37. The lowest BCUT2D eigenvalue weighted by Crippen LogP contribution is -2.16. The summed E-state index contributed by atoms with van der Waals surface area (Å²) in [5.74, 6) is 2.74. The Kier molecular flexibility index (Phi) is 4.41. The van der Waals surface area contributed by atoms with E-state index in [2.05, 4.69) is 41.5 Å². The van der Waals surface area contributed by atoms with Crippen LogP contribution >= 0.6 is 11.8 Å². The average molecular weight is 301 g/mol. The van der Waals surface area contributed by atoms with Gasteiger partial charge in [-0.1, -0.05) is 19.1 Å². The Morgan fingerprint density at radius 1 is 1.24 bits per heavy atom. The van der Waals surface area contributed by atoms with Gasteiger partial charge < -0.3 is 10.1 Å². The zero-order valence-electron chi connectivity index (χ0n) is 12.3. The van der Waals surface area contributed by atoms with Gasteiger partial charge in [0.25, 0.3) is 0 Å². The van der Waals surface area contributed by atoms with E-state index in [1.54, 1.807) is 0 Å². The van der Waals surface area contributed by atoms with Gasteiger partial charge in [0.15, 0.2) is 5.82 Å². The van der Waals surface area contributed by atoms with Gasteiger partial charge in [0.2, 0.25) is 0 Å². The average Bonchev–Trinajstić information content (AvgIpc) is 2.55. The molecule has 1 aromatic heterocycles. The van der Waals surface area contributed by atoms with E-state index in [0.717, 1.165) is 47.2 Å². The predicted molar refractivity (Wildman–Crippen MR) is 86.8 cm³/mol. The summed E-state index contributed by atoms with van der Waals surface area (Å²) in [6, 6.07) is 8.46. The highest BCUT2D eigenvalue weighted by molar-refractivity contribution is 7.99. The number of fused-ring (bicyclic) bond motifs is 1. The summed E-state index contributed by atoms with van der Waals surface area (Å²) in [4.78, 5) is 10.7. The molecule has 0 fully saturated rings. The van der Waals surface area contributed by atoms with Gasteiger partial charge in [0.05, 0.1) is 18.9 Å². The Morgan fingerprint density at radius 2 is 2.05 bits per heavy atom. The largest absolute Gasteiger partial charge is 0.376 e. The SMILES string of the molecule is CCSc1ccc(-c2nc3c(c(NC)n2)COCC3)cc1. The van der Waals surface area contributed by atoms with Gasteiger partial charge in [-0.05, 0) is 17.9 Å². The normalized spacial score (nSPS) is 13.8. The Bertz CT molecular complexity index is 611. The van der Waals surface area contributed by atoms with Crippen molar-refractivity contribution in [3.05, 3.63) is 35.5 Å². The van der Waals surface area contributed by atoms with Gasteiger partial charge in [-0.2, -0.15) is 0 Å². The molecule has 1 aliphatic heterocycles. The Labute approximate surface area is 129 Å². The first kappa shape index (κ1) is 14.4. The molecule has 3 rings (SSSR count). The number of hydrogen-bond acceptors (Lipinski definition) is 5. The highest BCUT2D eigenvalue weighted by Gasteiger charge is 2.18. The number of benzene rings is 1. The maximum Gasteiger partial charge on any atom is 0.161 e. The number of aromatic nitrogens is 2. The molecule has 0 aliphatic carbocycles. The van der Waals surface area contributed by atoms with Crippen LogP contribution < -0.4 is 5.32 Å². The van der Waals surface area contributed by atoms with Gasteiger partial charge in [0.1, 0.15) is 5.82 Å². The van der Waals surface area contributed by atoms with Crippen molar-refractivity contribution in [2.24, 2.45) is 0 Å². The van der Waals surface area contributed by atoms with Crippen molar-refractivity contribution in [1.29, 1.82) is 0 Å². The smallest absolute Gasteiger partial charge is 0.161 e. The lowest BCUT2D eigenvalue weighted by atomic mass is 10.1. The lowest BCUT2D eigenvalue weighted by Gasteiger charge is -2.19. The summed E-state index contributed by atoms with van der Waals surface area (Å²) in [5.41, 5.74) is 3.24. The van der Waals surface area contributed by atoms with Crippen LogP contribution in [0.2, 0.25) is 0 Å². The van der Waals surface area contributed by atoms with E-state index in [0.29, 0.717) is 6.61 Å². The van der Waals surface area contributed by atoms with Gasteiger partial charge in [-0.15, -0.1) is 11.8 Å². The first-order chi connectivity index (χ1) is 10.3. The van der Waals surface area contributed by atoms with Crippen LogP contribution in [0.25, 0.3) is 11.4 Å². The number of nitrogens with one attached hydrogen (secondary N) is 1. The van der Waals surface area contributed by atoms with Gasteiger partial charge >= 0.3 is 0 Å². The molecular weight excluding hydrogens is 282 g/mol. The molecule has 2 aromatic rings. The number of rotatable bonds is 4. The van der Waals surface area contributed by atoms with Crippen molar-refractivity contribution in [3.8, 4) is 11.4 Å². The van der Waals surface area contributed by atoms with Crippen LogP contribution in [0.3, 0.4) is 0 Å². The minimum absolute atomic E-state index is 0.595. The third-order valence-corrected chi connectivity index (χ3v) is 4.38. The zero-order valence-corrected chi connectivity index (χ0v) is 13.2. The molecular formula is C16H19N3OS. The first-order valence-corrected chi connectivity index (χ1v) is 8.19. The van der Waals surface area contributed by atoms with Gasteiger partial charge in [-0.25, -0.2) is 9.97 Å². The van der Waals surface area contributed by atoms with E-state index in [-0.39, 0.29) is 0 Å². The number of ether oxygens (including phenoxy) is 1. The summed E-state index contributed by atoms with van der Waals surface area (Å²) >= 11 is 1.84. The van der Waals surface area contributed by atoms with Crippen molar-refractivity contribution < 1.29 is 4.74 Å². The van der Waals surface area contributed by atoms with Crippen LogP contribution in [0.15, 0.2) is 29.2 Å². The molecule has 0 saturated heterocycles. The standard InChI is InChI=1S/C16H19N3OS/c1-3-21-12-6-4-11(5-7-12)15-18-14-8-9-20-10-13(14)16(17-2)19-15/h4-7H,3,8-10H2,1-2H3,(H,17,18,19). The zero-order chi connectivity index (χ0) is 14.7. The van der Waals surface area contributed by atoms with E-state index in [1.807, 2.05) is 18.8 Å². The Morgan fingerprint density at radius 3 is 2.76 bits per heavy atom. The molecule has 21 heavy (non-hydrogen) atoms. The first-order valence-electron chi connectivity index (χ1n) is 7.20. The van der Waals surface area contributed by atoms with Crippen LogP contribution in [0.1, 0.15) is 18.2 Å². The molecule has 1 N–H and O–H groups in total. The van der Waals surface area contributed by atoms with Crippen LogP contribution in [-0.4, -0.2) is 29.4 Å². The van der Waals surface area contributed by atoms with Crippen molar-refractivity contribution in [3.63, 3.8) is 0 Å². The van der Waals surface area contributed by atoms with Gasteiger partial charge in [0, 0.05) is 29.5 Å². The molecule has 0 saturated carbocycles. The van der Waals surface area contributed by atoms with E-state index in [1.165, 1.54) is 4.90 Å². The van der Waals surface area contributed by atoms with E-state index in [4.69, 9.17) is 9.72 Å². The third-order valence-electron chi connectivity index (χ3n) is 3.48. The molecule has 110 valence electrons. The molecule has 0 unspecified atom stereocenters. The summed E-state index contributed by atoms with van der Waals surface area (Å²) in [5, 5.41) is 3.16. The monoisotopic (exact) mass is 301 g/mol.